The lowest BCUT2D eigenvalue weighted by atomic mass is 9.95. The summed E-state index contributed by atoms with van der Waals surface area (Å²) in [7, 11) is 0. The molecule has 0 unspecified atom stereocenters. The number of H-pyrrole nitrogens is 1. The topological polar surface area (TPSA) is 49.0 Å². The van der Waals surface area contributed by atoms with Crippen LogP contribution < -0.4 is 5.56 Å². The standard InChI is InChI=1S/C16H20BrN3OS/c1-16(2,3)15-18-13-4-5-20(8-12(13)14(21)19-15)7-11-6-10(17)9-22-11/h6,9H,4-5,7-8H2,1-3H3,(H,18,19,21). The predicted molar refractivity (Wildman–Crippen MR) is 93.4 cm³/mol. The van der Waals surface area contributed by atoms with Crippen LogP contribution in [0.3, 0.4) is 0 Å². The third kappa shape index (κ3) is 3.34. The summed E-state index contributed by atoms with van der Waals surface area (Å²) in [5, 5.41) is 2.09. The molecular weight excluding hydrogens is 362 g/mol. The SMILES string of the molecule is CC(C)(C)c1nc2c(c(=O)[nH]1)CN(Cc1cc(Br)cs1)CC2. The smallest absolute Gasteiger partial charge is 0.255 e. The van der Waals surface area contributed by atoms with Crippen molar-refractivity contribution in [3.63, 3.8) is 0 Å². The van der Waals surface area contributed by atoms with E-state index in [1.165, 1.54) is 4.88 Å². The summed E-state index contributed by atoms with van der Waals surface area (Å²) in [6.07, 6.45) is 0.842. The Kier molecular flexibility index (Phi) is 4.27. The van der Waals surface area contributed by atoms with Crippen molar-refractivity contribution < 1.29 is 0 Å². The van der Waals surface area contributed by atoms with Gasteiger partial charge in [0, 0.05) is 46.2 Å². The molecule has 22 heavy (non-hydrogen) atoms. The van der Waals surface area contributed by atoms with E-state index in [-0.39, 0.29) is 11.0 Å². The Balaban J connectivity index is 1.83. The molecule has 4 nitrogen and oxygen atoms in total. The Bertz CT molecular complexity index is 745. The van der Waals surface area contributed by atoms with Gasteiger partial charge in [0.05, 0.1) is 11.3 Å². The second-order valence-corrected chi connectivity index (χ2v) is 8.69. The van der Waals surface area contributed by atoms with Crippen LogP contribution in [0.1, 0.15) is 42.7 Å². The third-order valence-corrected chi connectivity index (χ3v) is 5.54. The Morgan fingerprint density at radius 1 is 1.45 bits per heavy atom. The van der Waals surface area contributed by atoms with E-state index < -0.39 is 0 Å². The lowest BCUT2D eigenvalue weighted by Gasteiger charge is -2.28. The minimum Gasteiger partial charge on any atom is -0.310 e. The minimum atomic E-state index is -0.130. The molecule has 3 rings (SSSR count). The van der Waals surface area contributed by atoms with Crippen LogP contribution in [0.5, 0.6) is 0 Å². The van der Waals surface area contributed by atoms with Gasteiger partial charge in [-0.2, -0.15) is 0 Å². The van der Waals surface area contributed by atoms with Crippen LogP contribution in [0, 0.1) is 0 Å². The van der Waals surface area contributed by atoms with Crippen LogP contribution in [-0.4, -0.2) is 21.4 Å². The van der Waals surface area contributed by atoms with Crippen LogP contribution in [-0.2, 0) is 24.9 Å². The van der Waals surface area contributed by atoms with Crippen molar-refractivity contribution in [1.29, 1.82) is 0 Å². The summed E-state index contributed by atoms with van der Waals surface area (Å²) in [5.74, 6) is 0.784. The van der Waals surface area contributed by atoms with E-state index in [2.05, 4.69) is 58.0 Å². The Morgan fingerprint density at radius 3 is 2.86 bits per heavy atom. The van der Waals surface area contributed by atoms with Gasteiger partial charge in [0.2, 0.25) is 0 Å². The minimum absolute atomic E-state index is 0.0204. The fourth-order valence-electron chi connectivity index (χ4n) is 2.63. The monoisotopic (exact) mass is 381 g/mol. The van der Waals surface area contributed by atoms with E-state index in [1.807, 2.05) is 0 Å². The summed E-state index contributed by atoms with van der Waals surface area (Å²) >= 11 is 5.23. The molecular formula is C16H20BrN3OS. The summed E-state index contributed by atoms with van der Waals surface area (Å²) in [6.45, 7) is 8.72. The first-order chi connectivity index (χ1) is 10.3. The van der Waals surface area contributed by atoms with Gasteiger partial charge in [0.25, 0.3) is 5.56 Å². The lowest BCUT2D eigenvalue weighted by Crippen LogP contribution is -2.36. The molecule has 2 aromatic rings. The highest BCUT2D eigenvalue weighted by molar-refractivity contribution is 9.10. The lowest BCUT2D eigenvalue weighted by molar-refractivity contribution is 0.243. The van der Waals surface area contributed by atoms with Crippen molar-refractivity contribution in [2.75, 3.05) is 6.54 Å². The van der Waals surface area contributed by atoms with Crippen molar-refractivity contribution in [2.24, 2.45) is 0 Å². The van der Waals surface area contributed by atoms with Gasteiger partial charge in [0.15, 0.2) is 0 Å². The molecule has 6 heteroatoms. The highest BCUT2D eigenvalue weighted by Crippen LogP contribution is 2.24. The number of rotatable bonds is 2. The molecule has 0 aromatic carbocycles. The Labute approximate surface area is 142 Å². The summed E-state index contributed by atoms with van der Waals surface area (Å²) in [4.78, 5) is 23.7. The molecule has 0 atom stereocenters. The van der Waals surface area contributed by atoms with Crippen LogP contribution in [0.2, 0.25) is 0 Å². The summed E-state index contributed by atoms with van der Waals surface area (Å²) in [6, 6.07) is 2.14. The average molecular weight is 382 g/mol. The fraction of sp³-hybridized carbons (Fsp3) is 0.500. The number of nitrogens with one attached hydrogen (secondary N) is 1. The number of aromatic amines is 1. The number of halogens is 1. The van der Waals surface area contributed by atoms with Gasteiger partial charge < -0.3 is 4.98 Å². The number of aromatic nitrogens is 2. The first-order valence-electron chi connectivity index (χ1n) is 7.41. The number of nitrogens with zero attached hydrogens (tertiary/aromatic N) is 2. The van der Waals surface area contributed by atoms with Crippen LogP contribution in [0.25, 0.3) is 0 Å². The van der Waals surface area contributed by atoms with Gasteiger partial charge in [-0.15, -0.1) is 11.3 Å². The average Bonchev–Trinajstić information content (AvgIpc) is 2.83. The van der Waals surface area contributed by atoms with Crippen LogP contribution >= 0.6 is 27.3 Å². The molecule has 1 aliphatic heterocycles. The number of hydrogen-bond donors (Lipinski definition) is 1. The molecule has 0 aliphatic carbocycles. The number of hydrogen-bond acceptors (Lipinski definition) is 4. The van der Waals surface area contributed by atoms with Crippen molar-refractivity contribution >= 4 is 27.3 Å². The first kappa shape index (κ1) is 15.9. The zero-order chi connectivity index (χ0) is 15.9. The second kappa shape index (κ2) is 5.91. The van der Waals surface area contributed by atoms with E-state index in [9.17, 15) is 4.79 Å². The molecule has 118 valence electrons. The highest BCUT2D eigenvalue weighted by Gasteiger charge is 2.24. The third-order valence-electron chi connectivity index (χ3n) is 3.86. The van der Waals surface area contributed by atoms with Crippen molar-refractivity contribution in [1.82, 2.24) is 14.9 Å². The highest BCUT2D eigenvalue weighted by atomic mass is 79.9. The quantitative estimate of drug-likeness (QED) is 0.866. The van der Waals surface area contributed by atoms with Crippen molar-refractivity contribution in [3.05, 3.63) is 48.2 Å². The predicted octanol–water partition coefficient (Wildman–Crippen LogP) is 3.45. The summed E-state index contributed by atoms with van der Waals surface area (Å²) in [5.41, 5.74) is 1.69. The van der Waals surface area contributed by atoms with Gasteiger partial charge >= 0.3 is 0 Å². The van der Waals surface area contributed by atoms with Gasteiger partial charge in [-0.1, -0.05) is 20.8 Å². The van der Waals surface area contributed by atoms with E-state index in [0.29, 0.717) is 6.54 Å². The molecule has 0 saturated heterocycles. The van der Waals surface area contributed by atoms with E-state index >= 15 is 0 Å². The molecule has 0 amide bonds. The molecule has 0 bridgehead atoms. The second-order valence-electron chi connectivity index (χ2n) is 6.78. The number of thiophene rings is 1. The molecule has 0 fully saturated rings. The van der Waals surface area contributed by atoms with Gasteiger partial charge in [-0.3, -0.25) is 9.69 Å². The maximum atomic E-state index is 12.4. The van der Waals surface area contributed by atoms with Crippen LogP contribution in [0.15, 0.2) is 20.7 Å². The Morgan fingerprint density at radius 2 is 2.23 bits per heavy atom. The molecule has 0 spiro atoms. The van der Waals surface area contributed by atoms with Gasteiger partial charge in [0.1, 0.15) is 5.82 Å². The Hall–Kier alpha value is -0.980. The molecule has 0 radical (unpaired) electrons. The molecule has 1 N–H and O–H groups in total. The number of fused-ring (bicyclic) bond motifs is 1. The zero-order valence-electron chi connectivity index (χ0n) is 13.1. The van der Waals surface area contributed by atoms with E-state index in [0.717, 1.165) is 41.1 Å². The normalized spacial score (nSPS) is 15.8. The van der Waals surface area contributed by atoms with Gasteiger partial charge in [-0.25, -0.2) is 4.98 Å². The van der Waals surface area contributed by atoms with E-state index in [4.69, 9.17) is 4.98 Å². The first-order valence-corrected chi connectivity index (χ1v) is 9.08. The van der Waals surface area contributed by atoms with Gasteiger partial charge in [-0.05, 0) is 22.0 Å². The fourth-order valence-corrected chi connectivity index (χ4v) is 4.12. The molecule has 3 heterocycles. The van der Waals surface area contributed by atoms with Crippen LogP contribution in [0.4, 0.5) is 0 Å². The van der Waals surface area contributed by atoms with Crippen molar-refractivity contribution in [3.8, 4) is 0 Å². The van der Waals surface area contributed by atoms with E-state index in [1.54, 1.807) is 11.3 Å². The molecule has 2 aromatic heterocycles. The zero-order valence-corrected chi connectivity index (χ0v) is 15.5. The molecule has 1 aliphatic rings. The summed E-state index contributed by atoms with van der Waals surface area (Å²) < 4.78 is 1.12. The largest absolute Gasteiger partial charge is 0.310 e. The molecule has 0 saturated carbocycles. The van der Waals surface area contributed by atoms with Crippen molar-refractivity contribution in [2.45, 2.75) is 45.7 Å². The maximum Gasteiger partial charge on any atom is 0.255 e. The maximum absolute atomic E-state index is 12.4.